The van der Waals surface area contributed by atoms with Gasteiger partial charge in [0.05, 0.1) is 5.92 Å². The Kier molecular flexibility index (Phi) is 16.6. The second-order valence-electron chi connectivity index (χ2n) is 10.6. The molecule has 0 bridgehead atoms. The summed E-state index contributed by atoms with van der Waals surface area (Å²) in [5, 5.41) is 0. The monoisotopic (exact) mass is 467 g/mol. The zero-order chi connectivity index (χ0) is 24.5. The molecule has 0 amide bonds. The van der Waals surface area contributed by atoms with Gasteiger partial charge < -0.3 is 15.2 Å². The third-order valence-corrected chi connectivity index (χ3v) is 6.82. The quantitative estimate of drug-likeness (QED) is 0.144. The third kappa shape index (κ3) is 13.4. The highest BCUT2D eigenvalue weighted by Crippen LogP contribution is 2.32. The molecule has 1 saturated heterocycles. The number of hydrogen-bond donors (Lipinski definition) is 1. The lowest BCUT2D eigenvalue weighted by molar-refractivity contribution is -0.190. The molecule has 1 unspecified atom stereocenters. The van der Waals surface area contributed by atoms with Crippen LogP contribution in [0.15, 0.2) is 0 Å². The van der Waals surface area contributed by atoms with E-state index in [9.17, 15) is 9.59 Å². The molecule has 0 spiro atoms. The first kappa shape index (κ1) is 29.9. The molecule has 0 saturated carbocycles. The van der Waals surface area contributed by atoms with Gasteiger partial charge in [-0.1, -0.05) is 105 Å². The fourth-order valence-electron chi connectivity index (χ4n) is 4.73. The van der Waals surface area contributed by atoms with Crippen LogP contribution in [0.3, 0.4) is 0 Å². The molecule has 1 heterocycles. The highest BCUT2D eigenvalue weighted by atomic mass is 16.6. The molecule has 0 aliphatic carbocycles. The first-order valence-corrected chi connectivity index (χ1v) is 14.1. The Bertz CT molecular complexity index is 522. The Hall–Kier alpha value is -1.10. The van der Waals surface area contributed by atoms with Crippen molar-refractivity contribution >= 4 is 11.9 Å². The smallest absolute Gasteiger partial charge is 0.323 e. The van der Waals surface area contributed by atoms with E-state index in [1.165, 1.54) is 57.8 Å². The van der Waals surface area contributed by atoms with Crippen LogP contribution >= 0.6 is 0 Å². The van der Waals surface area contributed by atoms with Crippen LogP contribution < -0.4 is 5.73 Å². The molecule has 5 heteroatoms. The lowest BCUT2D eigenvalue weighted by Gasteiger charge is -2.37. The average Bonchev–Trinajstić information content (AvgIpc) is 2.76. The van der Waals surface area contributed by atoms with Gasteiger partial charge in [-0.25, -0.2) is 0 Å². The highest BCUT2D eigenvalue weighted by molar-refractivity contribution is 5.78. The van der Waals surface area contributed by atoms with Crippen molar-refractivity contribution in [2.24, 2.45) is 17.6 Å². The topological polar surface area (TPSA) is 78.6 Å². The molecule has 1 aliphatic rings. The van der Waals surface area contributed by atoms with Crippen molar-refractivity contribution in [2.45, 2.75) is 155 Å². The van der Waals surface area contributed by atoms with Crippen molar-refractivity contribution in [3.63, 3.8) is 0 Å². The van der Waals surface area contributed by atoms with Gasteiger partial charge in [0.2, 0.25) is 0 Å². The van der Waals surface area contributed by atoms with Gasteiger partial charge in [0.1, 0.15) is 18.2 Å². The summed E-state index contributed by atoms with van der Waals surface area (Å²) >= 11 is 0. The minimum absolute atomic E-state index is 0.0319. The average molecular weight is 468 g/mol. The van der Waals surface area contributed by atoms with E-state index in [1.807, 2.05) is 0 Å². The molecule has 0 aromatic heterocycles. The Morgan fingerprint density at radius 2 is 1.45 bits per heavy atom. The maximum absolute atomic E-state index is 12.6. The summed E-state index contributed by atoms with van der Waals surface area (Å²) in [6, 6.07) is -0.579. The van der Waals surface area contributed by atoms with Crippen LogP contribution in [0.25, 0.3) is 0 Å². The number of cyclic esters (lactones) is 1. The van der Waals surface area contributed by atoms with Crippen LogP contribution in [0.1, 0.15) is 137 Å². The molecule has 33 heavy (non-hydrogen) atoms. The number of rotatable bonds is 21. The van der Waals surface area contributed by atoms with Gasteiger partial charge >= 0.3 is 11.9 Å². The van der Waals surface area contributed by atoms with E-state index in [2.05, 4.69) is 27.7 Å². The van der Waals surface area contributed by atoms with Crippen molar-refractivity contribution in [1.82, 2.24) is 0 Å². The predicted octanol–water partition coefficient (Wildman–Crippen LogP) is 7.09. The minimum atomic E-state index is -0.579. The minimum Gasteiger partial charge on any atom is -0.461 e. The molecule has 0 aromatic carbocycles. The number of unbranched alkanes of at least 4 members (excludes halogenated alkanes) is 11. The normalized spacial score (nSPS) is 19.8. The van der Waals surface area contributed by atoms with E-state index in [1.54, 1.807) is 0 Å². The molecule has 5 nitrogen and oxygen atoms in total. The van der Waals surface area contributed by atoms with Crippen molar-refractivity contribution in [2.75, 3.05) is 0 Å². The van der Waals surface area contributed by atoms with Gasteiger partial charge in [-0.3, -0.25) is 9.59 Å². The number of nitrogens with two attached hydrogens (primary N) is 1. The van der Waals surface area contributed by atoms with E-state index in [-0.39, 0.29) is 30.1 Å². The third-order valence-electron chi connectivity index (χ3n) is 6.82. The second kappa shape index (κ2) is 18.3. The van der Waals surface area contributed by atoms with Crippen LogP contribution in [0.2, 0.25) is 0 Å². The summed E-state index contributed by atoms with van der Waals surface area (Å²) < 4.78 is 11.3. The number of carbonyl (C=O) groups excluding carboxylic acids is 2. The van der Waals surface area contributed by atoms with Crippen LogP contribution in [-0.2, 0) is 19.1 Å². The molecule has 194 valence electrons. The molecule has 2 N–H and O–H groups in total. The summed E-state index contributed by atoms with van der Waals surface area (Å²) in [5.41, 5.74) is 6.07. The Morgan fingerprint density at radius 3 is 2.00 bits per heavy atom. The fourth-order valence-corrected chi connectivity index (χ4v) is 4.73. The van der Waals surface area contributed by atoms with Gasteiger partial charge in [0.15, 0.2) is 0 Å². The zero-order valence-electron chi connectivity index (χ0n) is 22.1. The maximum atomic E-state index is 12.6. The first-order valence-electron chi connectivity index (χ1n) is 14.1. The van der Waals surface area contributed by atoms with E-state index >= 15 is 0 Å². The lowest BCUT2D eigenvalue weighted by Crippen LogP contribution is -2.47. The first-order chi connectivity index (χ1) is 15.9. The molecule has 1 fully saturated rings. The fraction of sp³-hybridized carbons (Fsp3) is 0.929. The Morgan fingerprint density at radius 1 is 0.909 bits per heavy atom. The summed E-state index contributed by atoms with van der Waals surface area (Å²) in [5.74, 6) is -0.0742. The maximum Gasteiger partial charge on any atom is 0.323 e. The van der Waals surface area contributed by atoms with Gasteiger partial charge in [0, 0.05) is 6.42 Å². The van der Waals surface area contributed by atoms with Crippen molar-refractivity contribution < 1.29 is 19.1 Å². The SMILES string of the molecule is CCCCCCCCCCCC(C[C@H]1OC(=O)[C@@H]1CCCCCC)OC(=O)[C@@H](N)CC(C)C. The van der Waals surface area contributed by atoms with E-state index in [0.29, 0.717) is 18.8 Å². The van der Waals surface area contributed by atoms with Gasteiger partial charge in [-0.2, -0.15) is 0 Å². The standard InChI is InChI=1S/C28H53NO4/c1-5-7-9-11-12-13-14-15-16-18-23(32-28(31)25(29)20-22(3)4)21-26-24(27(30)33-26)19-17-10-8-6-2/h22-26H,5-21,29H2,1-4H3/t23?,24-,25+,26-/m1/s1. The number of carbonyl (C=O) groups is 2. The van der Waals surface area contributed by atoms with Crippen molar-refractivity contribution in [1.29, 1.82) is 0 Å². The van der Waals surface area contributed by atoms with E-state index in [4.69, 9.17) is 15.2 Å². The largest absolute Gasteiger partial charge is 0.461 e. The molecule has 0 aromatic rings. The second-order valence-corrected chi connectivity index (χ2v) is 10.6. The van der Waals surface area contributed by atoms with Gasteiger partial charge in [-0.15, -0.1) is 0 Å². The molecule has 0 radical (unpaired) electrons. The predicted molar refractivity (Wildman–Crippen MR) is 136 cm³/mol. The molecule has 1 aliphatic heterocycles. The van der Waals surface area contributed by atoms with Crippen molar-refractivity contribution in [3.8, 4) is 0 Å². The molecule has 4 atom stereocenters. The van der Waals surface area contributed by atoms with Gasteiger partial charge in [-0.05, 0) is 31.6 Å². The highest BCUT2D eigenvalue weighted by Gasteiger charge is 2.43. The van der Waals surface area contributed by atoms with Crippen LogP contribution in [-0.4, -0.2) is 30.2 Å². The number of hydrogen-bond acceptors (Lipinski definition) is 5. The zero-order valence-corrected chi connectivity index (χ0v) is 22.1. The Balaban J connectivity index is 2.47. The van der Waals surface area contributed by atoms with Crippen LogP contribution in [0.4, 0.5) is 0 Å². The van der Waals surface area contributed by atoms with Crippen LogP contribution in [0, 0.1) is 11.8 Å². The number of esters is 2. The lowest BCUT2D eigenvalue weighted by atomic mass is 9.86. The molecule has 1 rings (SSSR count). The van der Waals surface area contributed by atoms with E-state index in [0.717, 1.165) is 38.5 Å². The Labute approximate surface area is 203 Å². The molecular weight excluding hydrogens is 414 g/mol. The number of ether oxygens (including phenoxy) is 2. The summed E-state index contributed by atoms with van der Waals surface area (Å²) in [7, 11) is 0. The van der Waals surface area contributed by atoms with Crippen molar-refractivity contribution in [3.05, 3.63) is 0 Å². The van der Waals surface area contributed by atoms with Crippen LogP contribution in [0.5, 0.6) is 0 Å². The van der Waals surface area contributed by atoms with E-state index < -0.39 is 6.04 Å². The molecular formula is C28H53NO4. The van der Waals surface area contributed by atoms with Gasteiger partial charge in [0.25, 0.3) is 0 Å². The summed E-state index contributed by atoms with van der Waals surface area (Å²) in [6.07, 6.45) is 18.6. The summed E-state index contributed by atoms with van der Waals surface area (Å²) in [6.45, 7) is 8.56. The summed E-state index contributed by atoms with van der Waals surface area (Å²) in [4.78, 5) is 24.6.